The molecule has 1 unspecified atom stereocenters. The van der Waals surface area contributed by atoms with Crippen molar-refractivity contribution >= 4 is 23.2 Å². The van der Waals surface area contributed by atoms with Crippen molar-refractivity contribution in [3.63, 3.8) is 0 Å². The van der Waals surface area contributed by atoms with Gasteiger partial charge in [-0.1, -0.05) is 24.3 Å². The van der Waals surface area contributed by atoms with Crippen molar-refractivity contribution in [1.29, 1.82) is 0 Å². The van der Waals surface area contributed by atoms with Gasteiger partial charge in [-0.25, -0.2) is 0 Å². The van der Waals surface area contributed by atoms with Crippen LogP contribution in [0.5, 0.6) is 0 Å². The van der Waals surface area contributed by atoms with Gasteiger partial charge in [-0.3, -0.25) is 9.59 Å². The van der Waals surface area contributed by atoms with Gasteiger partial charge in [-0.15, -0.1) is 0 Å². The minimum atomic E-state index is -0.307. The molecule has 1 saturated heterocycles. The quantitative estimate of drug-likeness (QED) is 0.795. The van der Waals surface area contributed by atoms with Crippen molar-refractivity contribution in [2.24, 2.45) is 5.92 Å². The summed E-state index contributed by atoms with van der Waals surface area (Å²) in [6.07, 6.45) is 0.273. The van der Waals surface area contributed by atoms with E-state index < -0.39 is 0 Å². The monoisotopic (exact) mass is 379 g/mol. The largest absolute Gasteiger partial charge is 0.372 e. The maximum atomic E-state index is 12.7. The number of carbonyl (C=O) groups is 2. The number of likely N-dealkylation sites (tertiary alicyclic amines) is 1. The van der Waals surface area contributed by atoms with Gasteiger partial charge in [0.15, 0.2) is 0 Å². The molecule has 1 heterocycles. The lowest BCUT2D eigenvalue weighted by atomic mass is 10.1. The van der Waals surface area contributed by atoms with Gasteiger partial charge in [0, 0.05) is 44.0 Å². The Morgan fingerprint density at radius 3 is 2.43 bits per heavy atom. The van der Waals surface area contributed by atoms with Crippen LogP contribution in [0.3, 0.4) is 0 Å². The summed E-state index contributed by atoms with van der Waals surface area (Å²) in [6, 6.07) is 15.9. The average molecular weight is 380 g/mol. The van der Waals surface area contributed by atoms with Crippen LogP contribution in [0.2, 0.25) is 0 Å². The number of rotatable bonds is 7. The molecule has 3 rings (SSSR count). The maximum absolute atomic E-state index is 12.7. The molecular formula is C23H29N3O2. The van der Waals surface area contributed by atoms with Gasteiger partial charge in [-0.2, -0.15) is 0 Å². The van der Waals surface area contributed by atoms with E-state index in [0.29, 0.717) is 13.1 Å². The van der Waals surface area contributed by atoms with Crippen LogP contribution in [0, 0.1) is 12.8 Å². The zero-order valence-electron chi connectivity index (χ0n) is 16.9. The maximum Gasteiger partial charge on any atom is 0.229 e. The van der Waals surface area contributed by atoms with E-state index in [2.05, 4.69) is 24.1 Å². The zero-order valence-corrected chi connectivity index (χ0v) is 16.9. The van der Waals surface area contributed by atoms with Crippen molar-refractivity contribution in [1.82, 2.24) is 4.90 Å². The highest BCUT2D eigenvalue weighted by Crippen LogP contribution is 2.24. The highest BCUT2D eigenvalue weighted by Gasteiger charge is 2.34. The van der Waals surface area contributed by atoms with Crippen molar-refractivity contribution in [3.05, 3.63) is 59.7 Å². The fourth-order valence-corrected chi connectivity index (χ4v) is 3.68. The smallest absolute Gasteiger partial charge is 0.229 e. The van der Waals surface area contributed by atoms with Gasteiger partial charge in [0.25, 0.3) is 0 Å². The van der Waals surface area contributed by atoms with E-state index in [-0.39, 0.29) is 24.2 Å². The van der Waals surface area contributed by atoms with Crippen LogP contribution in [0.1, 0.15) is 31.4 Å². The predicted molar refractivity (Wildman–Crippen MR) is 113 cm³/mol. The van der Waals surface area contributed by atoms with Gasteiger partial charge in [-0.05, 0) is 56.2 Å². The topological polar surface area (TPSA) is 52.7 Å². The van der Waals surface area contributed by atoms with E-state index in [4.69, 9.17) is 0 Å². The van der Waals surface area contributed by atoms with Gasteiger partial charge in [0.05, 0.1) is 5.92 Å². The number of benzene rings is 2. The van der Waals surface area contributed by atoms with E-state index >= 15 is 0 Å². The predicted octanol–water partition coefficient (Wildman–Crippen LogP) is 3.83. The van der Waals surface area contributed by atoms with Crippen LogP contribution >= 0.6 is 0 Å². The van der Waals surface area contributed by atoms with Gasteiger partial charge < -0.3 is 15.1 Å². The number of hydrogen-bond acceptors (Lipinski definition) is 3. The number of anilines is 2. The van der Waals surface area contributed by atoms with Crippen LogP contribution in [0.15, 0.2) is 48.5 Å². The van der Waals surface area contributed by atoms with Gasteiger partial charge in [0.2, 0.25) is 11.8 Å². The van der Waals surface area contributed by atoms with E-state index in [1.165, 1.54) is 0 Å². The Hall–Kier alpha value is -2.82. The Labute approximate surface area is 167 Å². The summed E-state index contributed by atoms with van der Waals surface area (Å²) in [7, 11) is 0. The van der Waals surface area contributed by atoms with Crippen LogP contribution < -0.4 is 10.2 Å². The summed E-state index contributed by atoms with van der Waals surface area (Å²) < 4.78 is 0. The molecule has 0 bridgehead atoms. The molecule has 0 spiro atoms. The fraction of sp³-hybridized carbons (Fsp3) is 0.391. The SMILES string of the molecule is CCN(CC)c1ccc(NC(=O)C2CC(=O)N(Cc3ccccc3C)C2)cc1. The Morgan fingerprint density at radius 1 is 1.11 bits per heavy atom. The molecule has 0 radical (unpaired) electrons. The first-order valence-electron chi connectivity index (χ1n) is 10.00. The highest BCUT2D eigenvalue weighted by molar-refractivity contribution is 5.97. The molecule has 148 valence electrons. The molecule has 0 saturated carbocycles. The molecule has 2 aromatic rings. The molecule has 5 nitrogen and oxygen atoms in total. The van der Waals surface area contributed by atoms with Crippen molar-refractivity contribution in [2.75, 3.05) is 29.9 Å². The van der Waals surface area contributed by atoms with Gasteiger partial charge >= 0.3 is 0 Å². The van der Waals surface area contributed by atoms with E-state index in [1.807, 2.05) is 55.5 Å². The van der Waals surface area contributed by atoms with Crippen LogP contribution in [0.25, 0.3) is 0 Å². The third-order valence-electron chi connectivity index (χ3n) is 5.47. The third-order valence-corrected chi connectivity index (χ3v) is 5.47. The molecule has 1 fully saturated rings. The van der Waals surface area contributed by atoms with Crippen LogP contribution in [0.4, 0.5) is 11.4 Å². The second-order valence-corrected chi connectivity index (χ2v) is 7.31. The number of amides is 2. The first-order valence-corrected chi connectivity index (χ1v) is 10.00. The molecule has 0 aromatic heterocycles. The second-order valence-electron chi connectivity index (χ2n) is 7.31. The normalized spacial score (nSPS) is 16.3. The molecule has 5 heteroatoms. The summed E-state index contributed by atoms with van der Waals surface area (Å²) in [4.78, 5) is 29.1. The highest BCUT2D eigenvalue weighted by atomic mass is 16.2. The third kappa shape index (κ3) is 4.53. The Kier molecular flexibility index (Phi) is 6.34. The first-order chi connectivity index (χ1) is 13.5. The number of aryl methyl sites for hydroxylation is 1. The molecule has 1 atom stereocenters. The van der Waals surface area contributed by atoms with Gasteiger partial charge in [0.1, 0.15) is 0 Å². The molecule has 28 heavy (non-hydrogen) atoms. The molecule has 2 aromatic carbocycles. The minimum absolute atomic E-state index is 0.0419. The van der Waals surface area contributed by atoms with Crippen molar-refractivity contribution in [2.45, 2.75) is 33.7 Å². The fourth-order valence-electron chi connectivity index (χ4n) is 3.68. The van der Waals surface area contributed by atoms with E-state index in [0.717, 1.165) is 35.6 Å². The second kappa shape index (κ2) is 8.91. The van der Waals surface area contributed by atoms with E-state index in [9.17, 15) is 9.59 Å². The number of hydrogen-bond donors (Lipinski definition) is 1. The summed E-state index contributed by atoms with van der Waals surface area (Å²) >= 11 is 0. The summed E-state index contributed by atoms with van der Waals surface area (Å²) in [5.41, 5.74) is 4.20. The number of nitrogens with zero attached hydrogens (tertiary/aromatic N) is 2. The average Bonchev–Trinajstić information content (AvgIpc) is 3.06. The Morgan fingerprint density at radius 2 is 1.79 bits per heavy atom. The standard InChI is InChI=1S/C23H29N3O2/c1-4-25(5-2)21-12-10-20(11-13-21)24-23(28)19-14-22(27)26(16-19)15-18-9-7-6-8-17(18)3/h6-13,19H,4-5,14-16H2,1-3H3,(H,24,28). The van der Waals surface area contributed by atoms with Crippen LogP contribution in [-0.4, -0.2) is 36.3 Å². The molecule has 0 aliphatic carbocycles. The molecule has 1 aliphatic rings. The summed E-state index contributed by atoms with van der Waals surface area (Å²) in [5, 5.41) is 2.97. The van der Waals surface area contributed by atoms with Crippen LogP contribution in [-0.2, 0) is 16.1 Å². The lowest BCUT2D eigenvalue weighted by Gasteiger charge is -2.21. The number of nitrogens with one attached hydrogen (secondary N) is 1. The van der Waals surface area contributed by atoms with E-state index in [1.54, 1.807) is 4.90 Å². The summed E-state index contributed by atoms with van der Waals surface area (Å²) in [5.74, 6) is -0.351. The lowest BCUT2D eigenvalue weighted by Crippen LogP contribution is -2.28. The molecule has 2 amide bonds. The van der Waals surface area contributed by atoms with Crippen molar-refractivity contribution < 1.29 is 9.59 Å². The molecule has 1 aliphatic heterocycles. The minimum Gasteiger partial charge on any atom is -0.372 e. The Bertz CT molecular complexity index is 828. The molecular weight excluding hydrogens is 350 g/mol. The summed E-state index contributed by atoms with van der Waals surface area (Å²) in [6.45, 7) is 9.22. The molecule has 1 N–H and O–H groups in total. The lowest BCUT2D eigenvalue weighted by molar-refractivity contribution is -0.128. The number of carbonyl (C=O) groups excluding carboxylic acids is 2. The van der Waals surface area contributed by atoms with Crippen molar-refractivity contribution in [3.8, 4) is 0 Å². The Balaban J connectivity index is 1.59. The first kappa shape index (κ1) is 19.9. The zero-order chi connectivity index (χ0) is 20.1.